The van der Waals surface area contributed by atoms with E-state index < -0.39 is 12.6 Å². The third-order valence-corrected chi connectivity index (χ3v) is 7.33. The van der Waals surface area contributed by atoms with Crippen molar-refractivity contribution in [1.29, 1.82) is 0 Å². The van der Waals surface area contributed by atoms with E-state index >= 15 is 0 Å². The first kappa shape index (κ1) is 19.4. The van der Waals surface area contributed by atoms with Gasteiger partial charge in [0.25, 0.3) is 5.88 Å². The van der Waals surface area contributed by atoms with Crippen molar-refractivity contribution < 1.29 is 20.1 Å². The van der Waals surface area contributed by atoms with Crippen molar-refractivity contribution >= 4 is 21.9 Å². The number of aromatic amines is 1. The number of pyridine rings is 1. The molecule has 0 spiro atoms. The summed E-state index contributed by atoms with van der Waals surface area (Å²) in [5.74, 6) is -0.00520. The molecule has 6 rings (SSSR count). The van der Waals surface area contributed by atoms with E-state index in [4.69, 9.17) is 20.0 Å². The summed E-state index contributed by atoms with van der Waals surface area (Å²) in [7, 11) is -2.76. The molecule has 190 valence electrons. The van der Waals surface area contributed by atoms with Crippen LogP contribution < -0.4 is 4.74 Å². The van der Waals surface area contributed by atoms with E-state index in [0.717, 1.165) is 51.0 Å². The molecule has 5 aromatic rings. The first-order chi connectivity index (χ1) is 19.5. The van der Waals surface area contributed by atoms with Gasteiger partial charge in [0.2, 0.25) is 0 Å². The molecule has 2 aromatic carbocycles. The van der Waals surface area contributed by atoms with E-state index in [9.17, 15) is 5.11 Å². The van der Waals surface area contributed by atoms with Crippen LogP contribution in [0.25, 0.3) is 33.2 Å². The molecule has 4 heterocycles. The molecule has 1 aliphatic rings. The summed E-state index contributed by atoms with van der Waals surface area (Å²) < 4.78 is 44.0. The van der Waals surface area contributed by atoms with Crippen molar-refractivity contribution in [2.45, 2.75) is 38.3 Å². The molecular formula is C29H31N5O3. The SMILES string of the molecule is [2H]n1nnc(OC([2H])([2H])[2H])c1-c1cnc2c3ccc(C(C)(C)O)cc3n([C@H](c3ccccc3)C3CCOCC3)c2c1. The summed E-state index contributed by atoms with van der Waals surface area (Å²) >= 11 is 0. The van der Waals surface area contributed by atoms with Crippen molar-refractivity contribution in [3.63, 3.8) is 0 Å². The maximum absolute atomic E-state index is 10.9. The molecule has 8 heteroatoms. The van der Waals surface area contributed by atoms with Crippen molar-refractivity contribution in [3.8, 4) is 17.1 Å². The Bertz CT molecular complexity index is 1700. The second-order valence-electron chi connectivity index (χ2n) is 10.1. The van der Waals surface area contributed by atoms with Crippen LogP contribution in [0, 0.1) is 5.92 Å². The average Bonchev–Trinajstić information content (AvgIpc) is 3.45. The van der Waals surface area contributed by atoms with E-state index in [1.807, 2.05) is 42.5 Å². The minimum Gasteiger partial charge on any atom is -0.478 e. The zero-order chi connectivity index (χ0) is 28.9. The number of rotatable bonds is 6. The zero-order valence-electron chi connectivity index (χ0n) is 24.8. The number of aliphatic hydroxyl groups is 1. The highest BCUT2D eigenvalue weighted by Gasteiger charge is 2.31. The molecule has 2 N–H and O–H groups in total. The molecule has 0 unspecified atom stereocenters. The van der Waals surface area contributed by atoms with Crippen LogP contribution in [-0.2, 0) is 10.3 Å². The van der Waals surface area contributed by atoms with Gasteiger partial charge in [-0.25, -0.2) is 0 Å². The average molecular weight is 502 g/mol. The number of benzene rings is 2. The molecule has 1 fully saturated rings. The Morgan fingerprint density at radius 2 is 1.97 bits per heavy atom. The predicted molar refractivity (Wildman–Crippen MR) is 143 cm³/mol. The minimum atomic E-state index is -2.76. The standard InChI is InChI=1S/C29H31N5O3/c1-29(2,35)21-9-10-22-23(16-21)34(27(18-7-5-4-6-8-18)19-11-13-37-14-12-19)24-15-20(17-30-26(22)24)25-28(36-3)32-33-31-25/h4-10,15-17,19,27,35H,11-14H2,1-3H3,(H,31,32,33)/t27-/m1/s1/i3D3/hD. The van der Waals surface area contributed by atoms with Crippen LogP contribution in [0.4, 0.5) is 0 Å². The number of fused-ring (bicyclic) bond motifs is 3. The molecule has 0 radical (unpaired) electrons. The molecule has 1 atom stereocenters. The van der Waals surface area contributed by atoms with Crippen LogP contribution in [0.1, 0.15) is 48.0 Å². The molecule has 37 heavy (non-hydrogen) atoms. The van der Waals surface area contributed by atoms with Gasteiger partial charge in [-0.2, -0.15) is 0 Å². The van der Waals surface area contributed by atoms with Crippen LogP contribution in [0.2, 0.25) is 1.41 Å². The fourth-order valence-electron chi connectivity index (χ4n) is 5.48. The Labute approximate surface area is 220 Å². The van der Waals surface area contributed by atoms with E-state index in [1.54, 1.807) is 20.0 Å². The molecule has 0 bridgehead atoms. The van der Waals surface area contributed by atoms with Gasteiger partial charge >= 0.3 is 0 Å². The van der Waals surface area contributed by atoms with Gasteiger partial charge in [-0.3, -0.25) is 10.1 Å². The maximum Gasteiger partial charge on any atom is 0.261 e. The molecule has 3 aromatic heterocycles. The van der Waals surface area contributed by atoms with Crippen LogP contribution in [-0.4, -0.2) is 50.3 Å². The zero-order valence-corrected chi connectivity index (χ0v) is 20.8. The first-order valence-corrected chi connectivity index (χ1v) is 12.4. The monoisotopic (exact) mass is 501 g/mol. The highest BCUT2D eigenvalue weighted by molar-refractivity contribution is 6.07. The summed E-state index contributed by atoms with van der Waals surface area (Å²) in [6.45, 7) is 4.87. The van der Waals surface area contributed by atoms with Crippen LogP contribution in [0.15, 0.2) is 60.8 Å². The lowest BCUT2D eigenvalue weighted by molar-refractivity contribution is 0.0552. The van der Waals surface area contributed by atoms with Gasteiger partial charge in [-0.15, -0.1) is 0 Å². The Balaban J connectivity index is 1.65. The second-order valence-corrected chi connectivity index (χ2v) is 10.1. The fraction of sp³-hybridized carbons (Fsp3) is 0.345. The summed E-state index contributed by atoms with van der Waals surface area (Å²) in [6, 6.07) is 18.0. The third-order valence-electron chi connectivity index (χ3n) is 7.33. The number of ether oxygens (including phenoxy) is 2. The predicted octanol–water partition coefficient (Wildman–Crippen LogP) is 5.23. The lowest BCUT2D eigenvalue weighted by Crippen LogP contribution is -2.27. The van der Waals surface area contributed by atoms with Crippen molar-refractivity contribution in [3.05, 3.63) is 71.9 Å². The van der Waals surface area contributed by atoms with Gasteiger partial charge in [-0.05, 0) is 55.9 Å². The molecular weight excluding hydrogens is 466 g/mol. The molecule has 1 aliphatic heterocycles. The molecule has 8 nitrogen and oxygen atoms in total. The maximum atomic E-state index is 10.9. The number of H-pyrrole nitrogens is 1. The Kier molecular flexibility index (Phi) is 4.86. The van der Waals surface area contributed by atoms with E-state index in [-0.39, 0.29) is 23.5 Å². The number of aromatic nitrogens is 5. The third kappa shape index (κ3) is 4.16. The summed E-state index contributed by atoms with van der Waals surface area (Å²) in [4.78, 5) is 4.82. The largest absolute Gasteiger partial charge is 0.478 e. The van der Waals surface area contributed by atoms with Crippen LogP contribution >= 0.6 is 0 Å². The number of nitrogens with zero attached hydrogens (tertiary/aromatic N) is 4. The fourth-order valence-corrected chi connectivity index (χ4v) is 5.48. The normalized spacial score (nSPS) is 17.8. The van der Waals surface area contributed by atoms with Gasteiger partial charge in [-0.1, -0.05) is 52.8 Å². The highest BCUT2D eigenvalue weighted by Crippen LogP contribution is 2.42. The van der Waals surface area contributed by atoms with E-state index in [0.29, 0.717) is 18.8 Å². The molecule has 0 saturated carbocycles. The van der Waals surface area contributed by atoms with Gasteiger partial charge in [0.1, 0.15) is 5.69 Å². The Morgan fingerprint density at radius 1 is 1.16 bits per heavy atom. The van der Waals surface area contributed by atoms with Crippen molar-refractivity contribution in [2.24, 2.45) is 5.92 Å². The van der Waals surface area contributed by atoms with E-state index in [2.05, 4.69) is 27.0 Å². The number of methoxy groups -OCH3 is 1. The van der Waals surface area contributed by atoms with Crippen molar-refractivity contribution in [1.82, 2.24) is 25.0 Å². The Hall–Kier alpha value is -3.75. The summed E-state index contributed by atoms with van der Waals surface area (Å²) in [6.07, 6.45) is 3.33. The minimum absolute atomic E-state index is 0.0775. The topological polar surface area (TPSA) is 98.1 Å². The first-order valence-electron chi connectivity index (χ1n) is 14.4. The number of hydrogen-bond acceptors (Lipinski definition) is 6. The molecule has 0 amide bonds. The van der Waals surface area contributed by atoms with E-state index in [1.165, 1.54) is 0 Å². The van der Waals surface area contributed by atoms with Crippen molar-refractivity contribution in [2.75, 3.05) is 20.3 Å². The molecule has 0 aliphatic carbocycles. The number of hydrogen-bond donors (Lipinski definition) is 2. The Morgan fingerprint density at radius 3 is 2.73 bits per heavy atom. The van der Waals surface area contributed by atoms with Gasteiger partial charge in [0, 0.05) is 30.4 Å². The lowest BCUT2D eigenvalue weighted by atomic mass is 9.86. The van der Waals surface area contributed by atoms with Crippen LogP contribution in [0.3, 0.4) is 0 Å². The van der Waals surface area contributed by atoms with Crippen LogP contribution in [0.5, 0.6) is 5.88 Å². The van der Waals surface area contributed by atoms with Gasteiger partial charge < -0.3 is 19.1 Å². The number of nitrogens with one attached hydrogen (secondary N) is 1. The smallest absolute Gasteiger partial charge is 0.261 e. The summed E-state index contributed by atoms with van der Waals surface area (Å²) in [5, 5.41) is 20.1. The lowest BCUT2D eigenvalue weighted by Gasteiger charge is -2.33. The highest BCUT2D eigenvalue weighted by atomic mass is 16.5. The van der Waals surface area contributed by atoms with Gasteiger partial charge in [0.05, 0.1) is 39.3 Å². The second kappa shape index (κ2) is 9.28. The molecule has 1 saturated heterocycles. The van der Waals surface area contributed by atoms with Gasteiger partial charge in [0.15, 0.2) is 1.41 Å². The quantitative estimate of drug-likeness (QED) is 0.331. The summed E-state index contributed by atoms with van der Waals surface area (Å²) in [5.41, 5.74) is 3.86.